The molecule has 0 saturated carbocycles. The van der Waals surface area contributed by atoms with Crippen LogP contribution in [0.1, 0.15) is 11.3 Å². The van der Waals surface area contributed by atoms with Gasteiger partial charge in [-0.2, -0.15) is 5.10 Å². The summed E-state index contributed by atoms with van der Waals surface area (Å²) in [4.78, 5) is 11.8. The van der Waals surface area contributed by atoms with Crippen LogP contribution in [0, 0.1) is 6.92 Å². The van der Waals surface area contributed by atoms with Crippen LogP contribution in [0.3, 0.4) is 0 Å². The number of hydrogen-bond acceptors (Lipinski definition) is 2. The van der Waals surface area contributed by atoms with Crippen molar-refractivity contribution in [3.8, 4) is 0 Å². The molecule has 0 saturated heterocycles. The van der Waals surface area contributed by atoms with Crippen LogP contribution in [0.25, 0.3) is 0 Å². The fourth-order valence-corrected chi connectivity index (χ4v) is 1.83. The highest BCUT2D eigenvalue weighted by molar-refractivity contribution is 6.30. The second-order valence-corrected chi connectivity index (χ2v) is 4.58. The summed E-state index contributed by atoms with van der Waals surface area (Å²) in [6.45, 7) is 1.88. The first-order valence-electron chi connectivity index (χ1n) is 5.59. The number of rotatable bonds is 3. The summed E-state index contributed by atoms with van der Waals surface area (Å²) < 4.78 is 1.65. The Morgan fingerprint density at radius 2 is 2.06 bits per heavy atom. The van der Waals surface area contributed by atoms with Crippen molar-refractivity contribution >= 4 is 23.3 Å². The molecule has 2 rings (SSSR count). The Labute approximate surface area is 111 Å². The van der Waals surface area contributed by atoms with Crippen molar-refractivity contribution in [2.24, 2.45) is 7.05 Å². The Balaban J connectivity index is 2.01. The minimum Gasteiger partial charge on any atom is -0.311 e. The van der Waals surface area contributed by atoms with Gasteiger partial charge in [0.15, 0.2) is 0 Å². The van der Waals surface area contributed by atoms with Gasteiger partial charge in [0.05, 0.1) is 12.1 Å². The molecule has 0 aliphatic carbocycles. The van der Waals surface area contributed by atoms with Crippen LogP contribution < -0.4 is 5.32 Å². The van der Waals surface area contributed by atoms with Gasteiger partial charge in [-0.15, -0.1) is 0 Å². The van der Waals surface area contributed by atoms with Gasteiger partial charge >= 0.3 is 0 Å². The van der Waals surface area contributed by atoms with Crippen LogP contribution in [0.5, 0.6) is 0 Å². The van der Waals surface area contributed by atoms with Crippen LogP contribution in [-0.4, -0.2) is 15.7 Å². The normalized spacial score (nSPS) is 10.4. The van der Waals surface area contributed by atoms with Gasteiger partial charge in [-0.3, -0.25) is 9.48 Å². The van der Waals surface area contributed by atoms with Crippen molar-refractivity contribution < 1.29 is 4.79 Å². The van der Waals surface area contributed by atoms with E-state index in [9.17, 15) is 4.79 Å². The Kier molecular flexibility index (Phi) is 3.67. The largest absolute Gasteiger partial charge is 0.311 e. The zero-order valence-electron chi connectivity index (χ0n) is 10.3. The van der Waals surface area contributed by atoms with Gasteiger partial charge in [0.25, 0.3) is 0 Å². The van der Waals surface area contributed by atoms with E-state index in [1.807, 2.05) is 25.1 Å². The summed E-state index contributed by atoms with van der Waals surface area (Å²) in [5, 5.41) is 7.66. The number of hydrogen-bond donors (Lipinski definition) is 1. The zero-order chi connectivity index (χ0) is 13.1. The number of nitrogens with zero attached hydrogens (tertiary/aromatic N) is 2. The van der Waals surface area contributed by atoms with Gasteiger partial charge in [-0.25, -0.2) is 0 Å². The van der Waals surface area contributed by atoms with Gasteiger partial charge < -0.3 is 5.32 Å². The van der Waals surface area contributed by atoms with Crippen LogP contribution in [0.4, 0.5) is 5.82 Å². The van der Waals surface area contributed by atoms with Crippen LogP contribution in [0.2, 0.25) is 5.02 Å². The number of anilines is 1. The maximum Gasteiger partial charge on any atom is 0.229 e. The van der Waals surface area contributed by atoms with E-state index in [0.29, 0.717) is 17.3 Å². The maximum atomic E-state index is 11.8. The molecule has 0 spiro atoms. The third-order valence-corrected chi connectivity index (χ3v) is 2.80. The topological polar surface area (TPSA) is 46.9 Å². The van der Waals surface area contributed by atoms with Gasteiger partial charge in [0.2, 0.25) is 5.91 Å². The third kappa shape index (κ3) is 3.11. The van der Waals surface area contributed by atoms with Gasteiger partial charge in [-0.05, 0) is 24.6 Å². The molecule has 0 atom stereocenters. The Morgan fingerprint density at radius 3 is 2.61 bits per heavy atom. The highest BCUT2D eigenvalue weighted by Gasteiger charge is 2.07. The molecule has 5 heteroatoms. The molecule has 18 heavy (non-hydrogen) atoms. The van der Waals surface area contributed by atoms with E-state index < -0.39 is 0 Å². The van der Waals surface area contributed by atoms with E-state index in [1.54, 1.807) is 23.9 Å². The average Bonchev–Trinajstić information content (AvgIpc) is 2.61. The number of aryl methyl sites for hydroxylation is 2. The SMILES string of the molecule is Cc1cc(NC(=O)Cc2ccc(Cl)cc2)n(C)n1. The maximum absolute atomic E-state index is 11.8. The second kappa shape index (κ2) is 5.23. The lowest BCUT2D eigenvalue weighted by atomic mass is 10.1. The van der Waals surface area contributed by atoms with Crippen molar-refractivity contribution in [3.63, 3.8) is 0 Å². The third-order valence-electron chi connectivity index (χ3n) is 2.55. The molecular weight excluding hydrogens is 250 g/mol. The number of carbonyl (C=O) groups excluding carboxylic acids is 1. The number of aromatic nitrogens is 2. The molecule has 0 fully saturated rings. The summed E-state index contributed by atoms with van der Waals surface area (Å²) in [6, 6.07) is 9.07. The first-order chi connectivity index (χ1) is 8.54. The summed E-state index contributed by atoms with van der Waals surface area (Å²) in [6.07, 6.45) is 0.321. The lowest BCUT2D eigenvalue weighted by molar-refractivity contribution is -0.115. The number of carbonyl (C=O) groups is 1. The van der Waals surface area contributed by atoms with Crippen molar-refractivity contribution in [1.82, 2.24) is 9.78 Å². The molecular formula is C13H14ClN3O. The predicted octanol–water partition coefficient (Wildman–Crippen LogP) is 2.56. The minimum atomic E-state index is -0.0691. The van der Waals surface area contributed by atoms with E-state index in [1.165, 1.54) is 0 Å². The monoisotopic (exact) mass is 263 g/mol. The first kappa shape index (κ1) is 12.6. The molecule has 1 N–H and O–H groups in total. The van der Waals surface area contributed by atoms with Crippen LogP contribution >= 0.6 is 11.6 Å². The Hall–Kier alpha value is -1.81. The quantitative estimate of drug-likeness (QED) is 0.925. The fraction of sp³-hybridized carbons (Fsp3) is 0.231. The van der Waals surface area contributed by atoms with E-state index in [2.05, 4.69) is 10.4 Å². The molecule has 1 heterocycles. The van der Waals surface area contributed by atoms with Crippen LogP contribution in [-0.2, 0) is 18.3 Å². The summed E-state index contributed by atoms with van der Waals surface area (Å²) in [5.41, 5.74) is 1.80. The highest BCUT2D eigenvalue weighted by atomic mass is 35.5. The molecule has 1 aromatic carbocycles. The van der Waals surface area contributed by atoms with E-state index in [0.717, 1.165) is 11.3 Å². The standard InChI is InChI=1S/C13H14ClN3O/c1-9-7-12(17(2)16-9)15-13(18)8-10-3-5-11(14)6-4-10/h3-7H,8H2,1-2H3,(H,15,18). The molecule has 1 amide bonds. The minimum absolute atomic E-state index is 0.0691. The molecule has 0 bridgehead atoms. The number of halogens is 1. The first-order valence-corrected chi connectivity index (χ1v) is 5.97. The molecule has 0 radical (unpaired) electrons. The molecule has 2 aromatic rings. The Bertz CT molecular complexity index is 560. The van der Waals surface area contributed by atoms with E-state index in [4.69, 9.17) is 11.6 Å². The molecule has 0 aliphatic heterocycles. The van der Waals surface area contributed by atoms with Gasteiger partial charge in [0, 0.05) is 18.1 Å². The molecule has 0 aliphatic rings. The smallest absolute Gasteiger partial charge is 0.229 e. The summed E-state index contributed by atoms with van der Waals surface area (Å²) >= 11 is 5.79. The van der Waals surface area contributed by atoms with E-state index in [-0.39, 0.29) is 5.91 Å². The average molecular weight is 264 g/mol. The predicted molar refractivity (Wildman–Crippen MR) is 71.7 cm³/mol. The summed E-state index contributed by atoms with van der Waals surface area (Å²) in [7, 11) is 1.80. The molecule has 94 valence electrons. The number of nitrogens with one attached hydrogen (secondary N) is 1. The lowest BCUT2D eigenvalue weighted by Gasteiger charge is -2.05. The van der Waals surface area contributed by atoms with Crippen molar-refractivity contribution in [3.05, 3.63) is 46.6 Å². The lowest BCUT2D eigenvalue weighted by Crippen LogP contribution is -2.16. The summed E-state index contributed by atoms with van der Waals surface area (Å²) in [5.74, 6) is 0.631. The number of amides is 1. The number of benzene rings is 1. The zero-order valence-corrected chi connectivity index (χ0v) is 11.0. The van der Waals surface area contributed by atoms with Crippen molar-refractivity contribution in [2.75, 3.05) is 5.32 Å². The van der Waals surface area contributed by atoms with Gasteiger partial charge in [-0.1, -0.05) is 23.7 Å². The van der Waals surface area contributed by atoms with Crippen molar-refractivity contribution in [1.29, 1.82) is 0 Å². The Morgan fingerprint density at radius 1 is 1.39 bits per heavy atom. The highest BCUT2D eigenvalue weighted by Crippen LogP contribution is 2.12. The fourth-order valence-electron chi connectivity index (χ4n) is 1.70. The molecule has 4 nitrogen and oxygen atoms in total. The van der Waals surface area contributed by atoms with Gasteiger partial charge in [0.1, 0.15) is 5.82 Å². The molecule has 1 aromatic heterocycles. The van der Waals surface area contributed by atoms with E-state index >= 15 is 0 Å². The molecule has 0 unspecified atom stereocenters. The van der Waals surface area contributed by atoms with Crippen molar-refractivity contribution in [2.45, 2.75) is 13.3 Å². The second-order valence-electron chi connectivity index (χ2n) is 4.15. The van der Waals surface area contributed by atoms with Crippen LogP contribution in [0.15, 0.2) is 30.3 Å².